The number of piperidine rings is 1. The maximum Gasteiger partial charge on any atom is 0.265 e. The average Bonchev–Trinajstić information content (AvgIpc) is 2.69. The minimum atomic E-state index is -0.507. The molecule has 1 fully saturated rings. The fourth-order valence-electron chi connectivity index (χ4n) is 3.44. The summed E-state index contributed by atoms with van der Waals surface area (Å²) in [4.78, 5) is 15.1. The third kappa shape index (κ3) is 5.03. The van der Waals surface area contributed by atoms with Crippen LogP contribution in [0, 0.1) is 13.8 Å². The molecule has 3 rings (SSSR count). The number of anilines is 2. The van der Waals surface area contributed by atoms with Crippen LogP contribution in [0.2, 0.25) is 0 Å². The highest BCUT2D eigenvalue weighted by atomic mass is 16.5. The summed E-state index contributed by atoms with van der Waals surface area (Å²) in [5.74, 6) is 0.668. The second kappa shape index (κ2) is 8.94. The molecule has 0 unspecified atom stereocenters. The number of hydrogen-bond donors (Lipinski definition) is 1. The number of ether oxygens (including phenoxy) is 1. The van der Waals surface area contributed by atoms with E-state index in [1.54, 1.807) is 0 Å². The first kappa shape index (κ1) is 19.3. The molecule has 0 radical (unpaired) electrons. The summed E-state index contributed by atoms with van der Waals surface area (Å²) in [5.41, 5.74) is 4.20. The first-order valence-electron chi connectivity index (χ1n) is 9.96. The summed E-state index contributed by atoms with van der Waals surface area (Å²) in [6.07, 6.45) is 3.94. The Bertz CT molecular complexity index is 764. The van der Waals surface area contributed by atoms with E-state index in [0.29, 0.717) is 6.42 Å². The van der Waals surface area contributed by atoms with Crippen LogP contribution in [0.3, 0.4) is 0 Å². The van der Waals surface area contributed by atoms with Crippen LogP contribution < -0.4 is 15.0 Å². The molecule has 1 N–H and O–H groups in total. The first-order chi connectivity index (χ1) is 13.1. The largest absolute Gasteiger partial charge is 0.480 e. The van der Waals surface area contributed by atoms with Gasteiger partial charge in [-0.2, -0.15) is 0 Å². The standard InChI is InChI=1S/C23H30N2O2/c1-4-21(27-22-16-17(2)8-9-18(22)3)23(26)24-19-10-12-20(13-11-19)25-14-6-5-7-15-25/h8-13,16,21H,4-7,14-15H2,1-3H3,(H,24,26)/t21-/m1/s1. The van der Waals surface area contributed by atoms with Gasteiger partial charge in [-0.05, 0) is 81.0 Å². The minimum Gasteiger partial charge on any atom is -0.480 e. The highest BCUT2D eigenvalue weighted by Crippen LogP contribution is 2.24. The number of rotatable bonds is 6. The molecule has 2 aromatic carbocycles. The predicted molar refractivity (Wildman–Crippen MR) is 112 cm³/mol. The molecular formula is C23H30N2O2. The van der Waals surface area contributed by atoms with Gasteiger partial charge in [0.15, 0.2) is 6.10 Å². The summed E-state index contributed by atoms with van der Waals surface area (Å²) in [6, 6.07) is 14.2. The maximum atomic E-state index is 12.7. The number of nitrogens with zero attached hydrogens (tertiary/aromatic N) is 1. The van der Waals surface area contributed by atoms with Crippen molar-refractivity contribution in [3.05, 3.63) is 53.6 Å². The zero-order valence-corrected chi connectivity index (χ0v) is 16.6. The first-order valence-corrected chi connectivity index (χ1v) is 9.96. The Kier molecular flexibility index (Phi) is 6.38. The van der Waals surface area contributed by atoms with Crippen molar-refractivity contribution < 1.29 is 9.53 Å². The summed E-state index contributed by atoms with van der Waals surface area (Å²) in [5, 5.41) is 2.99. The van der Waals surface area contributed by atoms with Gasteiger partial charge in [0.1, 0.15) is 5.75 Å². The van der Waals surface area contributed by atoms with E-state index in [0.717, 1.165) is 35.7 Å². The Morgan fingerprint density at radius 1 is 1.07 bits per heavy atom. The molecule has 1 aliphatic rings. The molecule has 0 bridgehead atoms. The van der Waals surface area contributed by atoms with Crippen molar-refractivity contribution in [2.24, 2.45) is 0 Å². The molecule has 0 aromatic heterocycles. The highest BCUT2D eigenvalue weighted by molar-refractivity contribution is 5.94. The SMILES string of the molecule is CC[C@@H](Oc1cc(C)ccc1C)C(=O)Nc1ccc(N2CCCCC2)cc1. The van der Waals surface area contributed by atoms with Crippen molar-refractivity contribution in [1.29, 1.82) is 0 Å². The van der Waals surface area contributed by atoms with Gasteiger partial charge in [0, 0.05) is 24.5 Å². The minimum absolute atomic E-state index is 0.107. The van der Waals surface area contributed by atoms with Gasteiger partial charge < -0.3 is 15.0 Å². The number of aryl methyl sites for hydroxylation is 2. The number of carbonyl (C=O) groups excluding carboxylic acids is 1. The lowest BCUT2D eigenvalue weighted by molar-refractivity contribution is -0.122. The normalized spacial score (nSPS) is 15.3. The van der Waals surface area contributed by atoms with E-state index in [2.05, 4.69) is 22.3 Å². The lowest BCUT2D eigenvalue weighted by Gasteiger charge is -2.29. The maximum absolute atomic E-state index is 12.7. The van der Waals surface area contributed by atoms with E-state index in [1.807, 2.05) is 51.1 Å². The van der Waals surface area contributed by atoms with Crippen LogP contribution in [0.15, 0.2) is 42.5 Å². The van der Waals surface area contributed by atoms with Crippen LogP contribution in [0.1, 0.15) is 43.7 Å². The molecule has 0 saturated carbocycles. The van der Waals surface area contributed by atoms with Gasteiger partial charge in [-0.3, -0.25) is 4.79 Å². The Morgan fingerprint density at radius 2 is 1.78 bits per heavy atom. The van der Waals surface area contributed by atoms with Crippen LogP contribution in [-0.4, -0.2) is 25.1 Å². The summed E-state index contributed by atoms with van der Waals surface area (Å²) < 4.78 is 6.01. The lowest BCUT2D eigenvalue weighted by atomic mass is 10.1. The van der Waals surface area contributed by atoms with Gasteiger partial charge in [0.2, 0.25) is 0 Å². The Balaban J connectivity index is 1.63. The van der Waals surface area contributed by atoms with Crippen molar-refractivity contribution in [2.75, 3.05) is 23.3 Å². The van der Waals surface area contributed by atoms with Gasteiger partial charge in [-0.1, -0.05) is 19.1 Å². The van der Waals surface area contributed by atoms with Gasteiger partial charge in [-0.15, -0.1) is 0 Å². The molecule has 1 amide bonds. The third-order valence-corrected chi connectivity index (χ3v) is 5.13. The molecule has 1 atom stereocenters. The van der Waals surface area contributed by atoms with Crippen molar-refractivity contribution in [3.8, 4) is 5.75 Å². The molecule has 1 heterocycles. The molecule has 0 spiro atoms. The van der Waals surface area contributed by atoms with Crippen molar-refractivity contribution in [3.63, 3.8) is 0 Å². The van der Waals surface area contributed by atoms with E-state index in [9.17, 15) is 4.79 Å². The van der Waals surface area contributed by atoms with E-state index < -0.39 is 6.10 Å². The highest BCUT2D eigenvalue weighted by Gasteiger charge is 2.20. The molecule has 144 valence electrons. The summed E-state index contributed by atoms with van der Waals surface area (Å²) in [6.45, 7) is 8.23. The molecule has 27 heavy (non-hydrogen) atoms. The summed E-state index contributed by atoms with van der Waals surface area (Å²) in [7, 11) is 0. The molecule has 2 aromatic rings. The Hall–Kier alpha value is -2.49. The quantitative estimate of drug-likeness (QED) is 0.774. The van der Waals surface area contributed by atoms with Crippen LogP contribution in [-0.2, 0) is 4.79 Å². The second-order valence-corrected chi connectivity index (χ2v) is 7.37. The zero-order chi connectivity index (χ0) is 19.2. The number of benzene rings is 2. The molecule has 4 heteroatoms. The van der Waals surface area contributed by atoms with E-state index >= 15 is 0 Å². The smallest absolute Gasteiger partial charge is 0.265 e. The Morgan fingerprint density at radius 3 is 2.44 bits per heavy atom. The average molecular weight is 367 g/mol. The monoisotopic (exact) mass is 366 g/mol. The lowest BCUT2D eigenvalue weighted by Crippen LogP contribution is -2.32. The number of carbonyl (C=O) groups is 1. The van der Waals surface area contributed by atoms with Gasteiger partial charge in [0.25, 0.3) is 5.91 Å². The fraction of sp³-hybridized carbons (Fsp3) is 0.435. The van der Waals surface area contributed by atoms with Crippen LogP contribution in [0.25, 0.3) is 0 Å². The van der Waals surface area contributed by atoms with Gasteiger partial charge in [0.05, 0.1) is 0 Å². The molecular weight excluding hydrogens is 336 g/mol. The molecule has 4 nitrogen and oxygen atoms in total. The van der Waals surface area contributed by atoms with Crippen molar-refractivity contribution in [1.82, 2.24) is 0 Å². The van der Waals surface area contributed by atoms with Gasteiger partial charge in [-0.25, -0.2) is 0 Å². The van der Waals surface area contributed by atoms with Crippen LogP contribution in [0.4, 0.5) is 11.4 Å². The topological polar surface area (TPSA) is 41.6 Å². The second-order valence-electron chi connectivity index (χ2n) is 7.37. The zero-order valence-electron chi connectivity index (χ0n) is 16.6. The number of hydrogen-bond acceptors (Lipinski definition) is 3. The fourth-order valence-corrected chi connectivity index (χ4v) is 3.44. The van der Waals surface area contributed by atoms with Gasteiger partial charge >= 0.3 is 0 Å². The Labute approximate surface area is 162 Å². The van der Waals surface area contributed by atoms with E-state index in [4.69, 9.17) is 4.74 Å². The molecule has 0 aliphatic carbocycles. The number of nitrogens with one attached hydrogen (secondary N) is 1. The summed E-state index contributed by atoms with van der Waals surface area (Å²) >= 11 is 0. The van der Waals surface area contributed by atoms with Crippen LogP contribution >= 0.6 is 0 Å². The predicted octanol–water partition coefficient (Wildman–Crippen LogP) is 5.09. The van der Waals surface area contributed by atoms with E-state index in [1.165, 1.54) is 24.9 Å². The van der Waals surface area contributed by atoms with Crippen molar-refractivity contribution in [2.45, 2.75) is 52.6 Å². The van der Waals surface area contributed by atoms with Crippen LogP contribution in [0.5, 0.6) is 5.75 Å². The third-order valence-electron chi connectivity index (χ3n) is 5.13. The molecule has 1 saturated heterocycles. The van der Waals surface area contributed by atoms with E-state index in [-0.39, 0.29) is 5.91 Å². The number of amides is 1. The molecule has 1 aliphatic heterocycles. The van der Waals surface area contributed by atoms with Crippen molar-refractivity contribution >= 4 is 17.3 Å².